The van der Waals surface area contributed by atoms with Crippen molar-refractivity contribution in [2.45, 2.75) is 37.4 Å². The van der Waals surface area contributed by atoms with Crippen molar-refractivity contribution in [2.24, 2.45) is 0 Å². The van der Waals surface area contributed by atoms with Crippen LogP contribution in [0.3, 0.4) is 0 Å². The van der Waals surface area contributed by atoms with Crippen LogP contribution >= 0.6 is 15.9 Å². The Bertz CT molecular complexity index is 149. The molecule has 0 aliphatic rings. The molecule has 0 aromatic heterocycles. The molecule has 0 unspecified atom stereocenters. The van der Waals surface area contributed by atoms with Crippen molar-refractivity contribution in [3.63, 3.8) is 0 Å². The van der Waals surface area contributed by atoms with Gasteiger partial charge in [-0.3, -0.25) is 0 Å². The molecule has 0 saturated heterocycles. The van der Waals surface area contributed by atoms with Crippen LogP contribution in [0.4, 0.5) is 13.2 Å². The van der Waals surface area contributed by atoms with E-state index in [1.807, 2.05) is 22.9 Å². The minimum absolute atomic E-state index is 0.376. The van der Waals surface area contributed by atoms with E-state index < -0.39 is 10.7 Å². The number of hydrogen-bond donors (Lipinski definition) is 0. The molecule has 0 rings (SSSR count). The maximum absolute atomic E-state index is 12.4. The van der Waals surface area contributed by atoms with Gasteiger partial charge in [0.2, 0.25) is 0 Å². The standard InChI is InChI=1S/C8H12BrF3/c1-2-3-4-5-6-7(10)8(9,11)12/h6H,2-5H2,1H3. The summed E-state index contributed by atoms with van der Waals surface area (Å²) in [6.07, 6.45) is 4.01. The number of unbranched alkanes of at least 4 members (excludes halogenated alkanes) is 3. The molecule has 0 spiro atoms. The molecule has 0 bridgehead atoms. The van der Waals surface area contributed by atoms with Gasteiger partial charge in [0.15, 0.2) is 5.83 Å². The van der Waals surface area contributed by atoms with Gasteiger partial charge in [-0.05, 0) is 34.8 Å². The lowest BCUT2D eigenvalue weighted by Crippen LogP contribution is -2.04. The van der Waals surface area contributed by atoms with Crippen LogP contribution in [-0.4, -0.2) is 4.83 Å². The van der Waals surface area contributed by atoms with E-state index in [1.165, 1.54) is 0 Å². The van der Waals surface area contributed by atoms with Crippen molar-refractivity contribution in [3.8, 4) is 0 Å². The molecule has 0 radical (unpaired) electrons. The number of allylic oxidation sites excluding steroid dienone is 2. The monoisotopic (exact) mass is 244 g/mol. The highest BCUT2D eigenvalue weighted by atomic mass is 79.9. The summed E-state index contributed by atoms with van der Waals surface area (Å²) < 4.78 is 36.6. The Morgan fingerprint density at radius 1 is 1.42 bits per heavy atom. The first kappa shape index (κ1) is 12.0. The second kappa shape index (κ2) is 5.62. The lowest BCUT2D eigenvalue weighted by molar-refractivity contribution is 0.127. The first-order valence-corrected chi connectivity index (χ1v) is 4.70. The summed E-state index contributed by atoms with van der Waals surface area (Å²) in [6, 6.07) is 0. The van der Waals surface area contributed by atoms with Crippen LogP contribution in [0.5, 0.6) is 0 Å². The van der Waals surface area contributed by atoms with Gasteiger partial charge in [-0.25, -0.2) is 4.39 Å². The van der Waals surface area contributed by atoms with Gasteiger partial charge in [0.1, 0.15) is 0 Å². The fraction of sp³-hybridized carbons (Fsp3) is 0.750. The summed E-state index contributed by atoms with van der Waals surface area (Å²) in [5.74, 6) is -1.39. The minimum Gasteiger partial charge on any atom is -0.204 e. The molecule has 0 N–H and O–H groups in total. The minimum atomic E-state index is -3.49. The van der Waals surface area contributed by atoms with Gasteiger partial charge in [-0.2, -0.15) is 8.78 Å². The molecule has 0 heterocycles. The molecule has 0 aromatic carbocycles. The molecule has 72 valence electrons. The molecule has 4 heteroatoms. The Kier molecular flexibility index (Phi) is 5.63. The van der Waals surface area contributed by atoms with E-state index in [0.29, 0.717) is 6.42 Å². The molecule has 12 heavy (non-hydrogen) atoms. The van der Waals surface area contributed by atoms with Gasteiger partial charge in [-0.15, -0.1) is 0 Å². The number of alkyl halides is 3. The third-order valence-electron chi connectivity index (χ3n) is 1.40. The lowest BCUT2D eigenvalue weighted by Gasteiger charge is -2.03. The molecule has 0 nitrogen and oxygen atoms in total. The van der Waals surface area contributed by atoms with Crippen molar-refractivity contribution in [2.75, 3.05) is 0 Å². The fourth-order valence-corrected chi connectivity index (χ4v) is 0.901. The molecule has 0 fully saturated rings. The highest BCUT2D eigenvalue weighted by Crippen LogP contribution is 2.31. The van der Waals surface area contributed by atoms with Crippen molar-refractivity contribution in [1.29, 1.82) is 0 Å². The summed E-state index contributed by atoms with van der Waals surface area (Å²) in [7, 11) is 0. The Balaban J connectivity index is 3.70. The Morgan fingerprint density at radius 2 is 2.00 bits per heavy atom. The zero-order chi connectivity index (χ0) is 9.61. The SMILES string of the molecule is CCCCCC=C(F)C(F)(F)Br. The third kappa shape index (κ3) is 5.63. The van der Waals surface area contributed by atoms with Gasteiger partial charge in [0.05, 0.1) is 0 Å². The van der Waals surface area contributed by atoms with Gasteiger partial charge < -0.3 is 0 Å². The quantitative estimate of drug-likeness (QED) is 0.497. The second-order valence-electron chi connectivity index (χ2n) is 2.55. The van der Waals surface area contributed by atoms with E-state index in [1.54, 1.807) is 0 Å². The Labute approximate surface area is 79.0 Å². The number of hydrogen-bond acceptors (Lipinski definition) is 0. The topological polar surface area (TPSA) is 0 Å². The molecule has 0 aliphatic heterocycles. The van der Waals surface area contributed by atoms with Crippen LogP contribution in [0.2, 0.25) is 0 Å². The largest absolute Gasteiger partial charge is 0.351 e. The van der Waals surface area contributed by atoms with Crippen LogP contribution < -0.4 is 0 Å². The predicted octanol–water partition coefficient (Wildman–Crippen LogP) is 4.41. The number of halogens is 4. The van der Waals surface area contributed by atoms with Gasteiger partial charge in [0, 0.05) is 0 Å². The van der Waals surface area contributed by atoms with E-state index in [4.69, 9.17) is 0 Å². The van der Waals surface area contributed by atoms with E-state index in [2.05, 4.69) is 0 Å². The van der Waals surface area contributed by atoms with Gasteiger partial charge in [0.25, 0.3) is 0 Å². The van der Waals surface area contributed by atoms with Crippen molar-refractivity contribution >= 4 is 15.9 Å². The summed E-state index contributed by atoms with van der Waals surface area (Å²) in [5.41, 5.74) is 0. The van der Waals surface area contributed by atoms with Crippen molar-refractivity contribution in [1.82, 2.24) is 0 Å². The second-order valence-corrected chi connectivity index (χ2v) is 3.54. The van der Waals surface area contributed by atoms with E-state index in [9.17, 15) is 13.2 Å². The fourth-order valence-electron chi connectivity index (χ4n) is 0.739. The molecule has 0 atom stereocenters. The summed E-state index contributed by atoms with van der Waals surface area (Å²) in [5, 5.41) is 0. The van der Waals surface area contributed by atoms with E-state index >= 15 is 0 Å². The summed E-state index contributed by atoms with van der Waals surface area (Å²) >= 11 is 1.94. The van der Waals surface area contributed by atoms with Crippen LogP contribution in [0.1, 0.15) is 32.6 Å². The Hall–Kier alpha value is 0.01000. The first-order valence-electron chi connectivity index (χ1n) is 3.91. The Morgan fingerprint density at radius 3 is 2.42 bits per heavy atom. The zero-order valence-corrected chi connectivity index (χ0v) is 8.50. The molecule has 0 saturated carbocycles. The average Bonchev–Trinajstić information content (AvgIpc) is 1.96. The molecule has 0 aromatic rings. The van der Waals surface area contributed by atoms with Crippen LogP contribution in [0.15, 0.2) is 11.9 Å². The smallest absolute Gasteiger partial charge is 0.204 e. The highest BCUT2D eigenvalue weighted by molar-refractivity contribution is 9.10. The lowest BCUT2D eigenvalue weighted by atomic mass is 10.2. The van der Waals surface area contributed by atoms with E-state index in [-0.39, 0.29) is 0 Å². The molecular weight excluding hydrogens is 233 g/mol. The van der Waals surface area contributed by atoms with Crippen LogP contribution in [0, 0.1) is 0 Å². The number of rotatable bonds is 5. The molecule has 0 amide bonds. The summed E-state index contributed by atoms with van der Waals surface area (Å²) in [4.78, 5) is -3.49. The maximum Gasteiger partial charge on any atom is 0.351 e. The molecular formula is C8H12BrF3. The van der Waals surface area contributed by atoms with E-state index in [0.717, 1.165) is 25.3 Å². The zero-order valence-electron chi connectivity index (χ0n) is 6.92. The maximum atomic E-state index is 12.4. The molecule has 0 aliphatic carbocycles. The predicted molar refractivity (Wildman–Crippen MR) is 47.2 cm³/mol. The normalized spacial score (nSPS) is 13.6. The highest BCUT2D eigenvalue weighted by Gasteiger charge is 2.30. The van der Waals surface area contributed by atoms with Crippen molar-refractivity contribution < 1.29 is 13.2 Å². The first-order chi connectivity index (χ1) is 5.48. The van der Waals surface area contributed by atoms with Crippen molar-refractivity contribution in [3.05, 3.63) is 11.9 Å². The van der Waals surface area contributed by atoms with Gasteiger partial charge in [-0.1, -0.05) is 19.8 Å². The van der Waals surface area contributed by atoms with Crippen LogP contribution in [0.25, 0.3) is 0 Å². The van der Waals surface area contributed by atoms with Crippen LogP contribution in [-0.2, 0) is 0 Å². The average molecular weight is 245 g/mol. The third-order valence-corrected chi connectivity index (χ3v) is 1.78. The van der Waals surface area contributed by atoms with Gasteiger partial charge >= 0.3 is 4.83 Å². The summed E-state index contributed by atoms with van der Waals surface area (Å²) in [6.45, 7) is 2.00.